The van der Waals surface area contributed by atoms with Crippen LogP contribution in [-0.2, 0) is 20.4 Å². The minimum absolute atomic E-state index is 0.0136. The van der Waals surface area contributed by atoms with Crippen molar-refractivity contribution >= 4 is 5.97 Å². The second kappa shape index (κ2) is 9.41. The molecule has 3 nitrogen and oxygen atoms in total. The Morgan fingerprint density at radius 1 is 1.07 bits per heavy atom. The second-order valence-electron chi connectivity index (χ2n) is 10.4. The minimum atomic E-state index is -0.279. The monoisotopic (exact) mass is 412 g/mol. The van der Waals surface area contributed by atoms with E-state index in [0.29, 0.717) is 25.0 Å². The molecule has 2 atom stereocenters. The van der Waals surface area contributed by atoms with Crippen molar-refractivity contribution in [2.24, 2.45) is 5.92 Å². The number of rotatable bonds is 7. The molecule has 0 bridgehead atoms. The lowest BCUT2D eigenvalue weighted by Crippen LogP contribution is -2.19. The predicted octanol–water partition coefficient (Wildman–Crippen LogP) is 6.85. The summed E-state index contributed by atoms with van der Waals surface area (Å²) < 4.78 is 11.2. The van der Waals surface area contributed by atoms with Gasteiger partial charge in [0.15, 0.2) is 0 Å². The van der Waals surface area contributed by atoms with E-state index >= 15 is 0 Å². The summed E-state index contributed by atoms with van der Waals surface area (Å²) in [5, 5.41) is 0. The lowest BCUT2D eigenvalue weighted by Gasteiger charge is -2.29. The van der Waals surface area contributed by atoms with Crippen LogP contribution in [0, 0.1) is 5.92 Å². The van der Waals surface area contributed by atoms with Crippen LogP contribution in [0.3, 0.4) is 0 Å². The van der Waals surface area contributed by atoms with Crippen molar-refractivity contribution < 1.29 is 14.3 Å². The lowest BCUT2D eigenvalue weighted by atomic mass is 9.78. The summed E-state index contributed by atoms with van der Waals surface area (Å²) >= 11 is 0. The largest absolute Gasteiger partial charge is 0.493 e. The third-order valence-corrected chi connectivity index (χ3v) is 5.56. The molecule has 0 spiro atoms. The average Bonchev–Trinajstić information content (AvgIpc) is 3.38. The molecule has 0 amide bonds. The summed E-state index contributed by atoms with van der Waals surface area (Å²) in [4.78, 5) is 11.6. The van der Waals surface area contributed by atoms with Crippen LogP contribution in [0.1, 0.15) is 91.3 Å². The summed E-state index contributed by atoms with van der Waals surface area (Å²) in [5.41, 5.74) is 5.00. The maximum Gasteiger partial charge on any atom is 0.330 e. The molecule has 0 aliphatic heterocycles. The van der Waals surface area contributed by atoms with Crippen LogP contribution in [0.25, 0.3) is 0 Å². The van der Waals surface area contributed by atoms with Gasteiger partial charge in [0.05, 0.1) is 13.2 Å². The van der Waals surface area contributed by atoms with Crippen LogP contribution in [0.2, 0.25) is 0 Å². The van der Waals surface area contributed by atoms with Gasteiger partial charge in [-0.25, -0.2) is 4.79 Å². The van der Waals surface area contributed by atoms with Crippen molar-refractivity contribution in [1.29, 1.82) is 0 Å². The van der Waals surface area contributed by atoms with Gasteiger partial charge in [0, 0.05) is 11.6 Å². The van der Waals surface area contributed by atoms with Gasteiger partial charge in [-0.1, -0.05) is 65.8 Å². The first kappa shape index (κ1) is 24.2. The summed E-state index contributed by atoms with van der Waals surface area (Å²) in [6.07, 6.45) is 6.94. The van der Waals surface area contributed by atoms with Crippen LogP contribution in [0.5, 0.6) is 5.75 Å². The number of benzene rings is 1. The summed E-state index contributed by atoms with van der Waals surface area (Å²) in [6.45, 7) is 20.5. The van der Waals surface area contributed by atoms with Crippen molar-refractivity contribution in [2.45, 2.75) is 85.5 Å². The van der Waals surface area contributed by atoms with E-state index in [0.717, 1.165) is 17.7 Å². The molecule has 1 aliphatic carbocycles. The second-order valence-corrected chi connectivity index (χ2v) is 10.4. The van der Waals surface area contributed by atoms with Crippen molar-refractivity contribution in [3.8, 4) is 5.75 Å². The normalized spacial score (nSPS) is 19.8. The van der Waals surface area contributed by atoms with Crippen molar-refractivity contribution in [3.63, 3.8) is 0 Å². The fraction of sp³-hybridized carbons (Fsp3) is 0.593. The van der Waals surface area contributed by atoms with Gasteiger partial charge >= 0.3 is 5.97 Å². The van der Waals surface area contributed by atoms with Crippen LogP contribution < -0.4 is 4.74 Å². The Bertz CT molecular complexity index is 816. The average molecular weight is 413 g/mol. The van der Waals surface area contributed by atoms with E-state index in [9.17, 15) is 4.79 Å². The molecule has 2 rings (SSSR count). The zero-order valence-electron chi connectivity index (χ0n) is 20.4. The first-order valence-corrected chi connectivity index (χ1v) is 11.2. The highest BCUT2D eigenvalue weighted by atomic mass is 16.5. The maximum absolute atomic E-state index is 11.6. The molecular formula is C27H40O3. The quantitative estimate of drug-likeness (QED) is 0.279. The fourth-order valence-electron chi connectivity index (χ4n) is 3.70. The smallest absolute Gasteiger partial charge is 0.330 e. The standard InChI is InChI=1S/C27H40O3/c1-10-29-24(28)14-18(3)12-13-19-15-21(19)22-16-20(26(4,5)6)17-23(27(7,8)9)25(22)30-11-2/h12-14,16-17,19,21H,10-11,15H2,1-9H3/b13-12+,18-14-. The Hall–Kier alpha value is -2.03. The molecule has 1 fully saturated rings. The van der Waals surface area contributed by atoms with E-state index in [2.05, 4.69) is 66.7 Å². The zero-order chi connectivity index (χ0) is 22.7. The van der Waals surface area contributed by atoms with Gasteiger partial charge in [-0.2, -0.15) is 0 Å². The van der Waals surface area contributed by atoms with Gasteiger partial charge in [0.1, 0.15) is 5.75 Å². The van der Waals surface area contributed by atoms with Crippen molar-refractivity contribution in [2.75, 3.05) is 13.2 Å². The highest BCUT2D eigenvalue weighted by molar-refractivity contribution is 5.83. The Balaban J connectivity index is 2.37. The van der Waals surface area contributed by atoms with Crippen LogP contribution >= 0.6 is 0 Å². The number of hydrogen-bond donors (Lipinski definition) is 0. The van der Waals surface area contributed by atoms with Crippen LogP contribution in [0.15, 0.2) is 35.9 Å². The van der Waals surface area contributed by atoms with E-state index in [1.54, 1.807) is 6.08 Å². The molecule has 30 heavy (non-hydrogen) atoms. The maximum atomic E-state index is 11.6. The molecule has 0 aromatic heterocycles. The molecule has 0 saturated heterocycles. The summed E-state index contributed by atoms with van der Waals surface area (Å²) in [7, 11) is 0. The molecule has 3 heteroatoms. The number of allylic oxidation sites excluding steroid dienone is 3. The van der Waals surface area contributed by atoms with Gasteiger partial charge in [0.2, 0.25) is 0 Å². The van der Waals surface area contributed by atoms with E-state index < -0.39 is 0 Å². The van der Waals surface area contributed by atoms with Crippen molar-refractivity contribution in [1.82, 2.24) is 0 Å². The minimum Gasteiger partial charge on any atom is -0.493 e. The third-order valence-electron chi connectivity index (χ3n) is 5.56. The van der Waals surface area contributed by atoms with Gasteiger partial charge < -0.3 is 9.47 Å². The summed E-state index contributed by atoms with van der Waals surface area (Å²) in [6, 6.07) is 4.70. The fourth-order valence-corrected chi connectivity index (χ4v) is 3.70. The highest BCUT2D eigenvalue weighted by Gasteiger charge is 2.40. The van der Waals surface area contributed by atoms with Crippen LogP contribution in [-0.4, -0.2) is 19.2 Å². The van der Waals surface area contributed by atoms with Gasteiger partial charge in [-0.3, -0.25) is 0 Å². The molecule has 1 aliphatic rings. The summed E-state index contributed by atoms with van der Waals surface area (Å²) in [5.74, 6) is 1.72. The Morgan fingerprint density at radius 2 is 1.73 bits per heavy atom. The molecular weight excluding hydrogens is 372 g/mol. The number of ether oxygens (including phenoxy) is 2. The van der Waals surface area contributed by atoms with Gasteiger partial charge in [0.25, 0.3) is 0 Å². The van der Waals surface area contributed by atoms with Crippen LogP contribution in [0.4, 0.5) is 0 Å². The van der Waals surface area contributed by atoms with Gasteiger partial charge in [-0.15, -0.1) is 0 Å². The molecule has 0 heterocycles. The molecule has 1 saturated carbocycles. The molecule has 1 aromatic carbocycles. The van der Waals surface area contributed by atoms with E-state index in [1.807, 2.05) is 19.9 Å². The lowest BCUT2D eigenvalue weighted by molar-refractivity contribution is -0.137. The number of hydrogen-bond acceptors (Lipinski definition) is 3. The van der Waals surface area contributed by atoms with Gasteiger partial charge in [-0.05, 0) is 66.6 Å². The topological polar surface area (TPSA) is 35.5 Å². The predicted molar refractivity (Wildman–Crippen MR) is 125 cm³/mol. The molecule has 166 valence electrons. The Kier molecular flexibility index (Phi) is 7.60. The SMILES string of the molecule is CCOC(=O)/C=C(C)\C=C\C1CC1c1cc(C(C)(C)C)cc(C(C)(C)C)c1OCC. The number of esters is 1. The molecule has 2 unspecified atom stereocenters. The highest BCUT2D eigenvalue weighted by Crippen LogP contribution is 2.54. The Labute approximate surface area is 183 Å². The van der Waals surface area contributed by atoms with E-state index in [-0.39, 0.29) is 16.8 Å². The molecule has 1 aromatic rings. The van der Waals surface area contributed by atoms with Crippen molar-refractivity contribution in [3.05, 3.63) is 52.6 Å². The third kappa shape index (κ3) is 6.23. The first-order valence-electron chi connectivity index (χ1n) is 11.2. The first-order chi connectivity index (χ1) is 13.9. The van der Waals surface area contributed by atoms with E-state index in [1.165, 1.54) is 16.7 Å². The number of carbonyl (C=O) groups is 1. The molecule has 0 radical (unpaired) electrons. The molecule has 0 N–H and O–H groups in total. The van der Waals surface area contributed by atoms with E-state index in [4.69, 9.17) is 9.47 Å². The zero-order valence-corrected chi connectivity index (χ0v) is 20.4. The Morgan fingerprint density at radius 3 is 2.27 bits per heavy atom. The number of carbonyl (C=O) groups excluding carboxylic acids is 1.